The zero-order valence-corrected chi connectivity index (χ0v) is 17.0. The number of H-pyrrole nitrogens is 1. The number of nitrogens with one attached hydrogen (secondary N) is 1. The molecule has 0 fully saturated rings. The molecule has 1 aliphatic carbocycles. The van der Waals surface area contributed by atoms with Crippen LogP contribution in [-0.4, -0.2) is 37.1 Å². The molecule has 1 aromatic rings. The van der Waals surface area contributed by atoms with Crippen LogP contribution in [0.2, 0.25) is 0 Å². The summed E-state index contributed by atoms with van der Waals surface area (Å²) >= 11 is 0. The summed E-state index contributed by atoms with van der Waals surface area (Å²) in [6, 6.07) is 0. The monoisotopic (exact) mass is 376 g/mol. The predicted octanol–water partition coefficient (Wildman–Crippen LogP) is 4.18. The lowest BCUT2D eigenvalue weighted by Gasteiger charge is -2.26. The number of aryl methyl sites for hydroxylation is 1. The standard InChI is InChI=1S/C21H36N4O2/c1-3-4-9-15-21(2,27)16-14-17-12-13-19(26)18(17)10-7-5-6-8-11-20-22-24-25-23-20/h12-13,17-18,27H,3-11,14-16H2,1-2H3,(H,22,23,24,25). The van der Waals surface area contributed by atoms with Crippen molar-refractivity contribution >= 4 is 5.78 Å². The van der Waals surface area contributed by atoms with Crippen LogP contribution in [0, 0.1) is 11.8 Å². The fourth-order valence-corrected chi connectivity index (χ4v) is 3.99. The van der Waals surface area contributed by atoms with E-state index in [1.807, 2.05) is 6.92 Å². The number of aliphatic hydroxyl groups is 1. The summed E-state index contributed by atoms with van der Waals surface area (Å²) in [5.41, 5.74) is -0.602. The van der Waals surface area contributed by atoms with Crippen LogP contribution in [0.25, 0.3) is 0 Å². The van der Waals surface area contributed by atoms with Gasteiger partial charge in [-0.1, -0.05) is 51.5 Å². The van der Waals surface area contributed by atoms with Gasteiger partial charge in [0.1, 0.15) is 5.82 Å². The number of aromatic nitrogens is 4. The number of carbonyl (C=O) groups excluding carboxylic acids is 1. The van der Waals surface area contributed by atoms with Crippen LogP contribution >= 0.6 is 0 Å². The highest BCUT2D eigenvalue weighted by Gasteiger charge is 2.31. The first kappa shape index (κ1) is 21.7. The van der Waals surface area contributed by atoms with E-state index >= 15 is 0 Å². The molecule has 2 rings (SSSR count). The number of nitrogens with zero attached hydrogens (tertiary/aromatic N) is 3. The maximum absolute atomic E-state index is 12.2. The van der Waals surface area contributed by atoms with Crippen LogP contribution in [-0.2, 0) is 11.2 Å². The molecule has 0 spiro atoms. The van der Waals surface area contributed by atoms with Gasteiger partial charge in [0.25, 0.3) is 0 Å². The van der Waals surface area contributed by atoms with Gasteiger partial charge in [-0.25, -0.2) is 5.10 Å². The van der Waals surface area contributed by atoms with Gasteiger partial charge in [-0.05, 0) is 61.4 Å². The van der Waals surface area contributed by atoms with Crippen molar-refractivity contribution in [1.29, 1.82) is 0 Å². The third kappa shape index (κ3) is 7.91. The number of allylic oxidation sites excluding steroid dienone is 2. The van der Waals surface area contributed by atoms with Crippen molar-refractivity contribution in [2.45, 2.75) is 96.5 Å². The fraction of sp³-hybridized carbons (Fsp3) is 0.810. The molecule has 6 heteroatoms. The van der Waals surface area contributed by atoms with Crippen molar-refractivity contribution in [2.75, 3.05) is 0 Å². The van der Waals surface area contributed by atoms with Gasteiger partial charge < -0.3 is 5.11 Å². The van der Waals surface area contributed by atoms with Gasteiger partial charge >= 0.3 is 0 Å². The summed E-state index contributed by atoms with van der Waals surface area (Å²) in [7, 11) is 0. The second-order valence-electron chi connectivity index (χ2n) is 8.33. The van der Waals surface area contributed by atoms with Crippen LogP contribution in [0.5, 0.6) is 0 Å². The normalized spacial score (nSPS) is 21.7. The SMILES string of the molecule is CCCCCC(C)(O)CCC1C=CC(=O)C1CCCCCCc1nnn[nH]1. The Labute approximate surface area is 163 Å². The largest absolute Gasteiger partial charge is 0.390 e. The molecule has 0 radical (unpaired) electrons. The summed E-state index contributed by atoms with van der Waals surface area (Å²) in [5, 5.41) is 24.4. The van der Waals surface area contributed by atoms with Crippen LogP contribution < -0.4 is 0 Å². The van der Waals surface area contributed by atoms with Crippen molar-refractivity contribution in [2.24, 2.45) is 11.8 Å². The van der Waals surface area contributed by atoms with Gasteiger partial charge in [-0.2, -0.15) is 0 Å². The molecular formula is C21H36N4O2. The quantitative estimate of drug-likeness (QED) is 0.475. The molecule has 0 aromatic carbocycles. The molecule has 152 valence electrons. The number of ketones is 1. The number of aromatic amines is 1. The minimum Gasteiger partial charge on any atom is -0.390 e. The van der Waals surface area contributed by atoms with Crippen molar-refractivity contribution in [3.8, 4) is 0 Å². The van der Waals surface area contributed by atoms with Crippen molar-refractivity contribution in [1.82, 2.24) is 20.6 Å². The molecule has 1 aliphatic rings. The van der Waals surface area contributed by atoms with Crippen LogP contribution in [0.15, 0.2) is 12.2 Å². The molecule has 3 atom stereocenters. The van der Waals surface area contributed by atoms with Gasteiger partial charge in [-0.3, -0.25) is 4.79 Å². The minimum atomic E-state index is -0.602. The van der Waals surface area contributed by atoms with E-state index in [4.69, 9.17) is 0 Å². The molecule has 0 saturated carbocycles. The molecule has 27 heavy (non-hydrogen) atoms. The molecule has 0 aliphatic heterocycles. The highest BCUT2D eigenvalue weighted by molar-refractivity contribution is 5.94. The first-order valence-electron chi connectivity index (χ1n) is 10.7. The van der Waals surface area contributed by atoms with E-state index in [0.29, 0.717) is 5.92 Å². The van der Waals surface area contributed by atoms with Gasteiger partial charge in [0, 0.05) is 12.3 Å². The zero-order valence-electron chi connectivity index (χ0n) is 17.0. The highest BCUT2D eigenvalue weighted by atomic mass is 16.3. The molecule has 0 saturated heterocycles. The smallest absolute Gasteiger partial charge is 0.159 e. The number of tetrazole rings is 1. The average Bonchev–Trinajstić information content (AvgIpc) is 3.27. The Morgan fingerprint density at radius 1 is 1.11 bits per heavy atom. The topological polar surface area (TPSA) is 91.8 Å². The van der Waals surface area contributed by atoms with E-state index < -0.39 is 5.60 Å². The van der Waals surface area contributed by atoms with Crippen LogP contribution in [0.4, 0.5) is 0 Å². The second kappa shape index (κ2) is 11.3. The molecule has 0 amide bonds. The van der Waals surface area contributed by atoms with Crippen molar-refractivity contribution < 1.29 is 9.90 Å². The zero-order chi connectivity index (χ0) is 19.5. The Bertz CT molecular complexity index is 569. The Kier molecular flexibility index (Phi) is 9.11. The molecule has 1 aromatic heterocycles. The molecule has 2 N–H and O–H groups in total. The van der Waals surface area contributed by atoms with Gasteiger partial charge in [0.15, 0.2) is 5.78 Å². The number of rotatable bonds is 14. The summed E-state index contributed by atoms with van der Waals surface area (Å²) in [6.07, 6.45) is 16.1. The molecule has 1 heterocycles. The average molecular weight is 377 g/mol. The van der Waals surface area contributed by atoms with Gasteiger partial charge in [-0.15, -0.1) is 5.10 Å². The Hall–Kier alpha value is -1.56. The third-order valence-electron chi connectivity index (χ3n) is 5.79. The molecule has 3 unspecified atom stereocenters. The van der Waals surface area contributed by atoms with E-state index in [1.54, 1.807) is 6.08 Å². The Morgan fingerprint density at radius 2 is 1.93 bits per heavy atom. The van der Waals surface area contributed by atoms with Crippen LogP contribution in [0.3, 0.4) is 0 Å². The molecular weight excluding hydrogens is 340 g/mol. The highest BCUT2D eigenvalue weighted by Crippen LogP contribution is 2.33. The van der Waals surface area contributed by atoms with E-state index in [1.165, 1.54) is 12.8 Å². The second-order valence-corrected chi connectivity index (χ2v) is 8.33. The van der Waals surface area contributed by atoms with Crippen LogP contribution in [0.1, 0.15) is 90.3 Å². The minimum absolute atomic E-state index is 0.120. The lowest BCUT2D eigenvalue weighted by molar-refractivity contribution is -0.118. The van der Waals surface area contributed by atoms with E-state index in [9.17, 15) is 9.90 Å². The number of hydrogen-bond acceptors (Lipinski definition) is 5. The van der Waals surface area contributed by atoms with Crippen molar-refractivity contribution in [3.05, 3.63) is 18.0 Å². The van der Waals surface area contributed by atoms with E-state index in [0.717, 1.165) is 70.0 Å². The predicted molar refractivity (Wildman–Crippen MR) is 106 cm³/mol. The fourth-order valence-electron chi connectivity index (χ4n) is 3.99. The van der Waals surface area contributed by atoms with Gasteiger partial charge in [0.2, 0.25) is 0 Å². The number of carbonyl (C=O) groups is 1. The van der Waals surface area contributed by atoms with E-state index in [2.05, 4.69) is 33.6 Å². The maximum Gasteiger partial charge on any atom is 0.159 e. The Morgan fingerprint density at radius 3 is 2.67 bits per heavy atom. The van der Waals surface area contributed by atoms with Gasteiger partial charge in [0.05, 0.1) is 5.60 Å². The summed E-state index contributed by atoms with van der Waals surface area (Å²) in [6.45, 7) is 4.13. The summed E-state index contributed by atoms with van der Waals surface area (Å²) in [4.78, 5) is 12.2. The lowest BCUT2D eigenvalue weighted by Crippen LogP contribution is -2.26. The Balaban J connectivity index is 1.63. The van der Waals surface area contributed by atoms with Crippen molar-refractivity contribution in [3.63, 3.8) is 0 Å². The third-order valence-corrected chi connectivity index (χ3v) is 5.79. The molecule has 0 bridgehead atoms. The number of hydrogen-bond donors (Lipinski definition) is 2. The first-order chi connectivity index (χ1) is 13.0. The maximum atomic E-state index is 12.2. The number of unbranched alkanes of at least 4 members (excludes halogenated alkanes) is 5. The molecule has 6 nitrogen and oxygen atoms in total. The lowest BCUT2D eigenvalue weighted by atomic mass is 9.82. The first-order valence-corrected chi connectivity index (χ1v) is 10.7. The van der Waals surface area contributed by atoms with E-state index in [-0.39, 0.29) is 11.7 Å². The summed E-state index contributed by atoms with van der Waals surface area (Å²) in [5.74, 6) is 1.54. The summed E-state index contributed by atoms with van der Waals surface area (Å²) < 4.78 is 0.